The molecule has 2 amide bonds. The molecular formula is C14H19ClN2O2. The molecule has 104 valence electrons. The molecular weight excluding hydrogens is 264 g/mol. The van der Waals surface area contributed by atoms with E-state index in [1.54, 1.807) is 0 Å². The Morgan fingerprint density at radius 1 is 1.42 bits per heavy atom. The summed E-state index contributed by atoms with van der Waals surface area (Å²) in [7, 11) is 0. The van der Waals surface area contributed by atoms with Crippen molar-refractivity contribution >= 4 is 17.6 Å². The maximum absolute atomic E-state index is 11.7. The number of carbonyl (C=O) groups is 1. The van der Waals surface area contributed by atoms with Gasteiger partial charge in [0, 0.05) is 13.1 Å². The van der Waals surface area contributed by atoms with Crippen molar-refractivity contribution in [2.75, 3.05) is 26.2 Å². The van der Waals surface area contributed by atoms with Crippen LogP contribution in [-0.4, -0.2) is 37.2 Å². The van der Waals surface area contributed by atoms with Crippen LogP contribution in [0.5, 0.6) is 5.75 Å². The second-order valence-electron chi connectivity index (χ2n) is 4.71. The molecule has 19 heavy (non-hydrogen) atoms. The molecule has 2 rings (SSSR count). The number of rotatable bonds is 4. The van der Waals surface area contributed by atoms with Crippen LogP contribution in [-0.2, 0) is 0 Å². The second kappa shape index (κ2) is 6.66. The van der Waals surface area contributed by atoms with E-state index in [0.29, 0.717) is 23.9 Å². The number of amides is 2. The zero-order valence-corrected chi connectivity index (χ0v) is 11.9. The van der Waals surface area contributed by atoms with Gasteiger partial charge in [0.25, 0.3) is 0 Å². The molecule has 1 aromatic rings. The van der Waals surface area contributed by atoms with Gasteiger partial charge in [0.05, 0.1) is 11.6 Å². The topological polar surface area (TPSA) is 41.6 Å². The first-order valence-corrected chi connectivity index (χ1v) is 6.96. The normalized spacial score (nSPS) is 14.5. The lowest BCUT2D eigenvalue weighted by molar-refractivity contribution is 0.205. The van der Waals surface area contributed by atoms with Crippen LogP contribution >= 0.6 is 11.6 Å². The average molecular weight is 283 g/mol. The third-order valence-corrected chi connectivity index (χ3v) is 3.43. The van der Waals surface area contributed by atoms with Gasteiger partial charge in [-0.15, -0.1) is 0 Å². The molecule has 0 atom stereocenters. The van der Waals surface area contributed by atoms with E-state index >= 15 is 0 Å². The van der Waals surface area contributed by atoms with Crippen molar-refractivity contribution in [3.8, 4) is 5.75 Å². The fourth-order valence-electron chi connectivity index (χ4n) is 2.07. The van der Waals surface area contributed by atoms with Crippen LogP contribution in [0.4, 0.5) is 4.79 Å². The van der Waals surface area contributed by atoms with E-state index in [1.165, 1.54) is 0 Å². The zero-order chi connectivity index (χ0) is 13.7. The summed E-state index contributed by atoms with van der Waals surface area (Å²) in [6.07, 6.45) is 2.20. The van der Waals surface area contributed by atoms with Gasteiger partial charge in [-0.1, -0.05) is 17.7 Å². The number of ether oxygens (including phenoxy) is 1. The summed E-state index contributed by atoms with van der Waals surface area (Å²) >= 11 is 6.02. The first-order valence-electron chi connectivity index (χ1n) is 6.58. The molecule has 4 nitrogen and oxygen atoms in total. The monoisotopic (exact) mass is 282 g/mol. The van der Waals surface area contributed by atoms with E-state index < -0.39 is 0 Å². The quantitative estimate of drug-likeness (QED) is 0.863. The molecule has 5 heteroatoms. The zero-order valence-electron chi connectivity index (χ0n) is 11.1. The van der Waals surface area contributed by atoms with E-state index in [4.69, 9.17) is 16.3 Å². The third-order valence-electron chi connectivity index (χ3n) is 3.12. The number of aryl methyl sites for hydroxylation is 1. The van der Waals surface area contributed by atoms with E-state index in [0.717, 1.165) is 31.5 Å². The maximum Gasteiger partial charge on any atom is 0.317 e. The van der Waals surface area contributed by atoms with Crippen LogP contribution < -0.4 is 10.1 Å². The summed E-state index contributed by atoms with van der Waals surface area (Å²) in [6.45, 7) is 4.60. The predicted octanol–water partition coefficient (Wildman–Crippen LogP) is 2.83. The van der Waals surface area contributed by atoms with Gasteiger partial charge in [0.2, 0.25) is 0 Å². The standard InChI is InChI=1S/C14H19ClN2O2/c1-11-4-5-12(15)13(10-11)19-9-6-16-14(18)17-7-2-3-8-17/h4-5,10H,2-3,6-9H2,1H3,(H,16,18). The lowest BCUT2D eigenvalue weighted by atomic mass is 10.2. The molecule has 1 heterocycles. The largest absolute Gasteiger partial charge is 0.490 e. The number of nitrogens with one attached hydrogen (secondary N) is 1. The van der Waals surface area contributed by atoms with Crippen molar-refractivity contribution < 1.29 is 9.53 Å². The highest BCUT2D eigenvalue weighted by molar-refractivity contribution is 6.32. The summed E-state index contributed by atoms with van der Waals surface area (Å²) in [5, 5.41) is 3.44. The van der Waals surface area contributed by atoms with Crippen LogP contribution in [0.2, 0.25) is 5.02 Å². The molecule has 0 aliphatic carbocycles. The Kier molecular flexibility index (Phi) is 4.91. The highest BCUT2D eigenvalue weighted by atomic mass is 35.5. The number of likely N-dealkylation sites (tertiary alicyclic amines) is 1. The third kappa shape index (κ3) is 4.03. The average Bonchev–Trinajstić information content (AvgIpc) is 2.92. The summed E-state index contributed by atoms with van der Waals surface area (Å²) < 4.78 is 5.57. The fraction of sp³-hybridized carbons (Fsp3) is 0.500. The molecule has 0 saturated carbocycles. The van der Waals surface area contributed by atoms with Crippen LogP contribution in [0.1, 0.15) is 18.4 Å². The van der Waals surface area contributed by atoms with Crippen LogP contribution in [0.25, 0.3) is 0 Å². The van der Waals surface area contributed by atoms with Gasteiger partial charge in [-0.3, -0.25) is 0 Å². The number of hydrogen-bond acceptors (Lipinski definition) is 2. The number of benzene rings is 1. The van der Waals surface area contributed by atoms with Crippen molar-refractivity contribution in [1.29, 1.82) is 0 Å². The Morgan fingerprint density at radius 3 is 2.89 bits per heavy atom. The summed E-state index contributed by atoms with van der Waals surface area (Å²) in [5.74, 6) is 0.664. The lowest BCUT2D eigenvalue weighted by Gasteiger charge is -2.16. The smallest absolute Gasteiger partial charge is 0.317 e. The molecule has 0 bridgehead atoms. The molecule has 0 aromatic heterocycles. The van der Waals surface area contributed by atoms with Crippen LogP contribution in [0.15, 0.2) is 18.2 Å². The number of halogens is 1. The second-order valence-corrected chi connectivity index (χ2v) is 5.12. The number of carbonyl (C=O) groups excluding carboxylic acids is 1. The summed E-state index contributed by atoms with van der Waals surface area (Å²) in [6, 6.07) is 5.64. The molecule has 1 saturated heterocycles. The molecule has 1 aliphatic heterocycles. The first-order chi connectivity index (χ1) is 9.16. The minimum Gasteiger partial charge on any atom is -0.490 e. The Hall–Kier alpha value is -1.42. The van der Waals surface area contributed by atoms with Gasteiger partial charge in [0.15, 0.2) is 0 Å². The van der Waals surface area contributed by atoms with Crippen LogP contribution in [0, 0.1) is 6.92 Å². The van der Waals surface area contributed by atoms with Gasteiger partial charge in [-0.2, -0.15) is 0 Å². The number of nitrogens with zero attached hydrogens (tertiary/aromatic N) is 1. The molecule has 0 unspecified atom stereocenters. The Labute approximate surface area is 118 Å². The SMILES string of the molecule is Cc1ccc(Cl)c(OCCNC(=O)N2CCCC2)c1. The van der Waals surface area contributed by atoms with Crippen molar-refractivity contribution in [3.05, 3.63) is 28.8 Å². The minimum atomic E-state index is -0.00330. The summed E-state index contributed by atoms with van der Waals surface area (Å²) in [4.78, 5) is 13.5. The lowest BCUT2D eigenvalue weighted by Crippen LogP contribution is -2.39. The highest BCUT2D eigenvalue weighted by Crippen LogP contribution is 2.24. The molecule has 1 aliphatic rings. The van der Waals surface area contributed by atoms with Gasteiger partial charge in [-0.25, -0.2) is 4.79 Å². The predicted molar refractivity (Wildman–Crippen MR) is 75.9 cm³/mol. The van der Waals surface area contributed by atoms with Gasteiger partial charge < -0.3 is 15.0 Å². The fourth-order valence-corrected chi connectivity index (χ4v) is 2.24. The maximum atomic E-state index is 11.7. The Morgan fingerprint density at radius 2 is 2.16 bits per heavy atom. The molecule has 1 N–H and O–H groups in total. The minimum absolute atomic E-state index is 0.00330. The van der Waals surface area contributed by atoms with E-state index in [9.17, 15) is 4.79 Å². The van der Waals surface area contributed by atoms with E-state index in [1.807, 2.05) is 30.0 Å². The molecule has 1 aromatic carbocycles. The van der Waals surface area contributed by atoms with E-state index in [2.05, 4.69) is 5.32 Å². The molecule has 1 fully saturated rings. The number of urea groups is 1. The molecule has 0 radical (unpaired) electrons. The Bertz CT molecular complexity index is 445. The van der Waals surface area contributed by atoms with Gasteiger partial charge >= 0.3 is 6.03 Å². The van der Waals surface area contributed by atoms with Crippen LogP contribution in [0.3, 0.4) is 0 Å². The first kappa shape index (κ1) is 14.0. The van der Waals surface area contributed by atoms with Gasteiger partial charge in [-0.05, 0) is 37.5 Å². The van der Waals surface area contributed by atoms with E-state index in [-0.39, 0.29) is 6.03 Å². The number of hydrogen-bond donors (Lipinski definition) is 1. The Balaban J connectivity index is 1.71. The highest BCUT2D eigenvalue weighted by Gasteiger charge is 2.16. The van der Waals surface area contributed by atoms with Crippen molar-refractivity contribution in [3.63, 3.8) is 0 Å². The molecule has 0 spiro atoms. The van der Waals surface area contributed by atoms with Crippen molar-refractivity contribution in [1.82, 2.24) is 10.2 Å². The van der Waals surface area contributed by atoms with Crippen molar-refractivity contribution in [2.24, 2.45) is 0 Å². The summed E-state index contributed by atoms with van der Waals surface area (Å²) in [5.41, 5.74) is 1.10. The van der Waals surface area contributed by atoms with Gasteiger partial charge in [0.1, 0.15) is 12.4 Å². The van der Waals surface area contributed by atoms with Crippen molar-refractivity contribution in [2.45, 2.75) is 19.8 Å².